The first-order chi connectivity index (χ1) is 8.01. The van der Waals surface area contributed by atoms with Gasteiger partial charge in [0.2, 0.25) is 0 Å². The summed E-state index contributed by atoms with van der Waals surface area (Å²) in [7, 11) is 1.52. The molecular formula is C13H14O4. The lowest BCUT2D eigenvalue weighted by atomic mass is 10.1. The van der Waals surface area contributed by atoms with Crippen LogP contribution in [0.1, 0.15) is 19.4 Å². The van der Waals surface area contributed by atoms with Crippen LogP contribution in [0.15, 0.2) is 24.3 Å². The van der Waals surface area contributed by atoms with Gasteiger partial charge in [-0.3, -0.25) is 9.59 Å². The van der Waals surface area contributed by atoms with Crippen LogP contribution in [-0.4, -0.2) is 18.9 Å². The van der Waals surface area contributed by atoms with Crippen molar-refractivity contribution >= 4 is 17.8 Å². The molecule has 0 spiro atoms. The predicted molar refractivity (Wildman–Crippen MR) is 64.0 cm³/mol. The topological polar surface area (TPSA) is 52.6 Å². The minimum Gasteiger partial charge on any atom is -0.497 e. The molecule has 1 aromatic rings. The fraction of sp³-hybridized carbons (Fsp3) is 0.231. The molecule has 0 amide bonds. The summed E-state index contributed by atoms with van der Waals surface area (Å²) < 4.78 is 10.0. The zero-order valence-electron chi connectivity index (χ0n) is 10.0. The third-order valence-corrected chi connectivity index (χ3v) is 1.91. The zero-order valence-corrected chi connectivity index (χ0v) is 10.0. The molecule has 0 bridgehead atoms. The van der Waals surface area contributed by atoms with Gasteiger partial charge in [-0.1, -0.05) is 6.08 Å². The predicted octanol–water partition coefficient (Wildman–Crippen LogP) is 2.22. The van der Waals surface area contributed by atoms with Crippen molar-refractivity contribution in [1.29, 1.82) is 0 Å². The molecular weight excluding hydrogens is 220 g/mol. The summed E-state index contributed by atoms with van der Waals surface area (Å²) >= 11 is 0. The van der Waals surface area contributed by atoms with Crippen molar-refractivity contribution in [2.75, 3.05) is 7.11 Å². The van der Waals surface area contributed by atoms with E-state index in [-0.39, 0.29) is 5.78 Å². The lowest BCUT2D eigenvalue weighted by molar-refractivity contribution is -0.131. The second-order valence-corrected chi connectivity index (χ2v) is 3.48. The molecule has 0 aliphatic carbocycles. The van der Waals surface area contributed by atoms with Gasteiger partial charge in [-0.05, 0) is 30.7 Å². The van der Waals surface area contributed by atoms with Gasteiger partial charge in [-0.25, -0.2) is 0 Å². The standard InChI is InChI=1S/C13H14O4/c1-9(14)4-5-11-6-12(16-3)8-13(7-11)17-10(2)15/h4-8H,1-3H3. The maximum Gasteiger partial charge on any atom is 0.308 e. The Labute approximate surface area is 99.8 Å². The Morgan fingerprint density at radius 1 is 1.12 bits per heavy atom. The number of carbonyl (C=O) groups excluding carboxylic acids is 2. The average Bonchev–Trinajstić information content (AvgIpc) is 2.25. The Hall–Kier alpha value is -2.10. The number of ketones is 1. The van der Waals surface area contributed by atoms with E-state index < -0.39 is 5.97 Å². The lowest BCUT2D eigenvalue weighted by Crippen LogP contribution is -2.01. The SMILES string of the molecule is COc1cc(C=CC(C)=O)cc(OC(C)=O)c1. The van der Waals surface area contributed by atoms with Crippen LogP contribution < -0.4 is 9.47 Å². The molecule has 0 atom stereocenters. The van der Waals surface area contributed by atoms with Gasteiger partial charge in [0.1, 0.15) is 11.5 Å². The van der Waals surface area contributed by atoms with Gasteiger partial charge in [-0.2, -0.15) is 0 Å². The number of benzene rings is 1. The highest BCUT2D eigenvalue weighted by Crippen LogP contribution is 2.23. The molecule has 0 radical (unpaired) electrons. The molecule has 0 fully saturated rings. The Morgan fingerprint density at radius 3 is 2.29 bits per heavy atom. The van der Waals surface area contributed by atoms with E-state index in [1.165, 1.54) is 27.0 Å². The first-order valence-electron chi connectivity index (χ1n) is 5.07. The summed E-state index contributed by atoms with van der Waals surface area (Å²) in [5, 5.41) is 0. The van der Waals surface area contributed by atoms with Crippen LogP contribution in [-0.2, 0) is 9.59 Å². The first kappa shape index (κ1) is 13.0. The van der Waals surface area contributed by atoms with Gasteiger partial charge in [0.25, 0.3) is 0 Å². The van der Waals surface area contributed by atoms with E-state index in [0.717, 1.165) is 5.56 Å². The fourth-order valence-electron chi connectivity index (χ4n) is 1.25. The van der Waals surface area contributed by atoms with Crippen LogP contribution in [0.4, 0.5) is 0 Å². The summed E-state index contributed by atoms with van der Waals surface area (Å²) in [6, 6.07) is 5.00. The van der Waals surface area contributed by atoms with Gasteiger partial charge < -0.3 is 9.47 Å². The highest BCUT2D eigenvalue weighted by atomic mass is 16.5. The van der Waals surface area contributed by atoms with Crippen LogP contribution in [0.5, 0.6) is 11.5 Å². The van der Waals surface area contributed by atoms with Crippen LogP contribution in [0.3, 0.4) is 0 Å². The van der Waals surface area contributed by atoms with E-state index in [0.29, 0.717) is 11.5 Å². The highest BCUT2D eigenvalue weighted by molar-refractivity contribution is 5.91. The fourth-order valence-corrected chi connectivity index (χ4v) is 1.25. The molecule has 0 saturated carbocycles. The zero-order chi connectivity index (χ0) is 12.8. The first-order valence-corrected chi connectivity index (χ1v) is 5.07. The maximum atomic E-state index is 10.9. The quantitative estimate of drug-likeness (QED) is 0.455. The third-order valence-electron chi connectivity index (χ3n) is 1.91. The molecule has 1 aromatic carbocycles. The number of methoxy groups -OCH3 is 1. The average molecular weight is 234 g/mol. The van der Waals surface area contributed by atoms with E-state index in [2.05, 4.69) is 0 Å². The van der Waals surface area contributed by atoms with Crippen LogP contribution in [0.2, 0.25) is 0 Å². The van der Waals surface area contributed by atoms with E-state index in [4.69, 9.17) is 9.47 Å². The second kappa shape index (κ2) is 5.84. The van der Waals surface area contributed by atoms with Crippen molar-refractivity contribution in [2.24, 2.45) is 0 Å². The van der Waals surface area contributed by atoms with Crippen LogP contribution in [0, 0.1) is 0 Å². The third kappa shape index (κ3) is 4.51. The number of hydrogen-bond donors (Lipinski definition) is 0. The largest absolute Gasteiger partial charge is 0.497 e. The Morgan fingerprint density at radius 2 is 1.76 bits per heavy atom. The number of ether oxygens (including phenoxy) is 2. The van der Waals surface area contributed by atoms with Crippen LogP contribution >= 0.6 is 0 Å². The molecule has 0 aliphatic heterocycles. The molecule has 0 aromatic heterocycles. The maximum absolute atomic E-state index is 10.9. The molecule has 0 aliphatic rings. The molecule has 4 nitrogen and oxygen atoms in total. The number of hydrogen-bond acceptors (Lipinski definition) is 4. The molecule has 17 heavy (non-hydrogen) atoms. The van der Waals surface area contributed by atoms with Crippen molar-refractivity contribution in [2.45, 2.75) is 13.8 Å². The smallest absolute Gasteiger partial charge is 0.308 e. The van der Waals surface area contributed by atoms with Gasteiger partial charge >= 0.3 is 5.97 Å². The minimum absolute atomic E-state index is 0.0538. The Kier molecular flexibility index (Phi) is 4.46. The summed E-state index contributed by atoms with van der Waals surface area (Å²) in [5.74, 6) is 0.494. The summed E-state index contributed by atoms with van der Waals surface area (Å²) in [6.45, 7) is 2.79. The van der Waals surface area contributed by atoms with Crippen molar-refractivity contribution in [1.82, 2.24) is 0 Å². The van der Waals surface area contributed by atoms with E-state index in [9.17, 15) is 9.59 Å². The molecule has 0 unspecified atom stereocenters. The summed E-state index contributed by atoms with van der Waals surface area (Å²) in [5.41, 5.74) is 0.732. The normalized spacial score (nSPS) is 10.3. The van der Waals surface area contributed by atoms with Gasteiger partial charge in [0.15, 0.2) is 5.78 Å². The van der Waals surface area contributed by atoms with Crippen LogP contribution in [0.25, 0.3) is 6.08 Å². The van der Waals surface area contributed by atoms with E-state index in [1.54, 1.807) is 24.3 Å². The minimum atomic E-state index is -0.403. The monoisotopic (exact) mass is 234 g/mol. The van der Waals surface area contributed by atoms with Gasteiger partial charge in [0, 0.05) is 13.0 Å². The number of esters is 1. The number of allylic oxidation sites excluding steroid dienone is 1. The summed E-state index contributed by atoms with van der Waals surface area (Å²) in [4.78, 5) is 21.7. The molecule has 4 heteroatoms. The molecule has 0 N–H and O–H groups in total. The van der Waals surface area contributed by atoms with Gasteiger partial charge in [-0.15, -0.1) is 0 Å². The Balaban J connectivity index is 3.04. The van der Waals surface area contributed by atoms with E-state index in [1.807, 2.05) is 0 Å². The van der Waals surface area contributed by atoms with Crippen molar-refractivity contribution < 1.29 is 19.1 Å². The van der Waals surface area contributed by atoms with Crippen molar-refractivity contribution in [3.8, 4) is 11.5 Å². The molecule has 1 rings (SSSR count). The summed E-state index contributed by atoms with van der Waals surface area (Å²) in [6.07, 6.45) is 3.07. The highest BCUT2D eigenvalue weighted by Gasteiger charge is 2.03. The number of carbonyl (C=O) groups is 2. The van der Waals surface area contributed by atoms with Crippen molar-refractivity contribution in [3.63, 3.8) is 0 Å². The molecule has 0 heterocycles. The molecule has 90 valence electrons. The number of rotatable bonds is 4. The van der Waals surface area contributed by atoms with Gasteiger partial charge in [0.05, 0.1) is 7.11 Å². The van der Waals surface area contributed by atoms with Crippen molar-refractivity contribution in [3.05, 3.63) is 29.8 Å². The molecule has 0 saturated heterocycles. The van der Waals surface area contributed by atoms with E-state index >= 15 is 0 Å². The second-order valence-electron chi connectivity index (χ2n) is 3.48. The Bertz CT molecular complexity index is 460. The lowest BCUT2D eigenvalue weighted by Gasteiger charge is -2.06.